The molecule has 1 aliphatic heterocycles. The van der Waals surface area contributed by atoms with Crippen molar-refractivity contribution in [2.24, 2.45) is 5.73 Å². The average molecular weight is 302 g/mol. The molecule has 6 heteroatoms. The van der Waals surface area contributed by atoms with Crippen LogP contribution in [0.1, 0.15) is 24.0 Å². The first kappa shape index (κ1) is 16.1. The van der Waals surface area contributed by atoms with Gasteiger partial charge >= 0.3 is 6.18 Å². The Balaban J connectivity index is 2.32. The van der Waals surface area contributed by atoms with Crippen LogP contribution in [0, 0.1) is 0 Å². The molecule has 0 aromatic heterocycles. The highest BCUT2D eigenvalue weighted by Crippen LogP contribution is 2.38. The number of benzene rings is 1. The fourth-order valence-electron chi connectivity index (χ4n) is 2.71. The number of nitrogens with two attached hydrogens (primary N) is 1. The van der Waals surface area contributed by atoms with E-state index in [1.807, 2.05) is 0 Å². The predicted molar refractivity (Wildman–Crippen MR) is 76.4 cm³/mol. The fourth-order valence-corrected chi connectivity index (χ4v) is 2.71. The molecule has 2 rings (SSSR count). The van der Waals surface area contributed by atoms with Gasteiger partial charge in [-0.15, -0.1) is 0 Å². The zero-order valence-corrected chi connectivity index (χ0v) is 12.1. The first-order chi connectivity index (χ1) is 9.93. The number of halogens is 3. The second-order valence-corrected chi connectivity index (χ2v) is 5.34. The number of hydrogen-bond acceptors (Lipinski definition) is 3. The topological polar surface area (TPSA) is 38.5 Å². The first-order valence-corrected chi connectivity index (χ1v) is 7.14. The third kappa shape index (κ3) is 3.89. The number of nitrogens with zero attached hydrogens (tertiary/aromatic N) is 1. The molecular weight excluding hydrogens is 281 g/mol. The van der Waals surface area contributed by atoms with Gasteiger partial charge in [0.05, 0.1) is 5.56 Å². The van der Waals surface area contributed by atoms with Crippen LogP contribution in [0.5, 0.6) is 0 Å². The number of hydrogen-bond donors (Lipinski definition) is 1. The highest BCUT2D eigenvalue weighted by molar-refractivity contribution is 5.56. The van der Waals surface area contributed by atoms with Gasteiger partial charge in [0, 0.05) is 32.0 Å². The van der Waals surface area contributed by atoms with Crippen molar-refractivity contribution in [1.29, 1.82) is 0 Å². The average Bonchev–Trinajstić information content (AvgIpc) is 2.47. The SMILES string of the molecule is CN(c1ccc(CCN)cc1C(F)(F)F)C1CCOCC1. The van der Waals surface area contributed by atoms with Gasteiger partial charge in [0.15, 0.2) is 0 Å². The molecule has 1 aromatic carbocycles. The minimum atomic E-state index is -4.36. The second-order valence-electron chi connectivity index (χ2n) is 5.34. The van der Waals surface area contributed by atoms with Gasteiger partial charge in [0.1, 0.15) is 0 Å². The third-order valence-electron chi connectivity index (χ3n) is 3.92. The summed E-state index contributed by atoms with van der Waals surface area (Å²) in [4.78, 5) is 1.73. The number of alkyl halides is 3. The van der Waals surface area contributed by atoms with Crippen LogP contribution in [-0.2, 0) is 17.3 Å². The summed E-state index contributed by atoms with van der Waals surface area (Å²) in [6.07, 6.45) is -2.42. The normalized spacial score (nSPS) is 17.0. The van der Waals surface area contributed by atoms with Gasteiger partial charge in [0.25, 0.3) is 0 Å². The maximum atomic E-state index is 13.3. The zero-order chi connectivity index (χ0) is 15.5. The molecule has 1 aliphatic rings. The van der Waals surface area contributed by atoms with Crippen molar-refractivity contribution in [1.82, 2.24) is 0 Å². The van der Waals surface area contributed by atoms with E-state index in [-0.39, 0.29) is 11.7 Å². The molecule has 0 saturated carbocycles. The van der Waals surface area contributed by atoms with Crippen LogP contribution < -0.4 is 10.6 Å². The molecule has 0 atom stereocenters. The standard InChI is InChI=1S/C15H21F3N2O/c1-20(12-5-8-21-9-6-12)14-3-2-11(4-7-19)10-13(14)15(16,17)18/h2-3,10,12H,4-9,19H2,1H3. The maximum absolute atomic E-state index is 13.3. The van der Waals surface area contributed by atoms with E-state index in [0.717, 1.165) is 12.8 Å². The van der Waals surface area contributed by atoms with Crippen molar-refractivity contribution in [2.45, 2.75) is 31.5 Å². The lowest BCUT2D eigenvalue weighted by atomic mass is 10.0. The largest absolute Gasteiger partial charge is 0.418 e. The van der Waals surface area contributed by atoms with E-state index in [1.54, 1.807) is 24.1 Å². The molecule has 0 aliphatic carbocycles. The Labute approximate surface area is 122 Å². The Kier molecular flexibility index (Phi) is 5.11. The van der Waals surface area contributed by atoms with Crippen LogP contribution in [0.4, 0.5) is 18.9 Å². The summed E-state index contributed by atoms with van der Waals surface area (Å²) in [5.74, 6) is 0. The third-order valence-corrected chi connectivity index (χ3v) is 3.92. The van der Waals surface area contributed by atoms with E-state index in [4.69, 9.17) is 10.5 Å². The number of ether oxygens (including phenoxy) is 1. The molecule has 0 unspecified atom stereocenters. The fraction of sp³-hybridized carbons (Fsp3) is 0.600. The lowest BCUT2D eigenvalue weighted by Crippen LogP contribution is -2.37. The number of anilines is 1. The van der Waals surface area contributed by atoms with Crippen molar-refractivity contribution in [3.05, 3.63) is 29.3 Å². The molecule has 1 fully saturated rings. The van der Waals surface area contributed by atoms with Crippen LogP contribution in [0.2, 0.25) is 0 Å². The summed E-state index contributed by atoms with van der Waals surface area (Å²) in [7, 11) is 1.73. The zero-order valence-electron chi connectivity index (χ0n) is 12.1. The highest BCUT2D eigenvalue weighted by Gasteiger charge is 2.35. The summed E-state index contributed by atoms with van der Waals surface area (Å²) in [5, 5.41) is 0. The van der Waals surface area contributed by atoms with E-state index >= 15 is 0 Å². The summed E-state index contributed by atoms with van der Waals surface area (Å²) in [6, 6.07) is 4.59. The van der Waals surface area contributed by atoms with Gasteiger partial charge in [-0.2, -0.15) is 13.2 Å². The Hall–Kier alpha value is -1.27. The minimum Gasteiger partial charge on any atom is -0.381 e. The van der Waals surface area contributed by atoms with E-state index in [1.165, 1.54) is 6.07 Å². The monoisotopic (exact) mass is 302 g/mol. The molecule has 1 heterocycles. The van der Waals surface area contributed by atoms with Crippen LogP contribution in [0.3, 0.4) is 0 Å². The Morgan fingerprint density at radius 3 is 2.52 bits per heavy atom. The first-order valence-electron chi connectivity index (χ1n) is 7.14. The predicted octanol–water partition coefficient (Wildman–Crippen LogP) is 2.82. The molecule has 0 bridgehead atoms. The lowest BCUT2D eigenvalue weighted by Gasteiger charge is -2.34. The van der Waals surface area contributed by atoms with Crippen LogP contribution in [-0.4, -0.2) is 32.8 Å². The molecule has 21 heavy (non-hydrogen) atoms. The molecular formula is C15H21F3N2O. The van der Waals surface area contributed by atoms with Crippen molar-refractivity contribution in [3.8, 4) is 0 Å². The second kappa shape index (κ2) is 6.66. The van der Waals surface area contributed by atoms with Crippen LogP contribution in [0.25, 0.3) is 0 Å². The molecule has 1 saturated heterocycles. The molecule has 118 valence electrons. The summed E-state index contributed by atoms with van der Waals surface area (Å²) < 4.78 is 45.2. The van der Waals surface area contributed by atoms with Crippen LogP contribution >= 0.6 is 0 Å². The van der Waals surface area contributed by atoms with E-state index in [9.17, 15) is 13.2 Å². The van der Waals surface area contributed by atoms with Crippen molar-refractivity contribution in [3.63, 3.8) is 0 Å². The summed E-state index contributed by atoms with van der Waals surface area (Å²) in [5.41, 5.74) is 5.70. The molecule has 0 radical (unpaired) electrons. The number of rotatable bonds is 4. The van der Waals surface area contributed by atoms with Crippen molar-refractivity contribution < 1.29 is 17.9 Å². The van der Waals surface area contributed by atoms with E-state index < -0.39 is 11.7 Å². The van der Waals surface area contributed by atoms with E-state index in [0.29, 0.717) is 31.7 Å². The van der Waals surface area contributed by atoms with E-state index in [2.05, 4.69) is 0 Å². The molecule has 1 aromatic rings. The van der Waals surface area contributed by atoms with Crippen molar-refractivity contribution in [2.75, 3.05) is 31.7 Å². The quantitative estimate of drug-likeness (QED) is 0.929. The lowest BCUT2D eigenvalue weighted by molar-refractivity contribution is -0.137. The molecule has 2 N–H and O–H groups in total. The van der Waals surface area contributed by atoms with Gasteiger partial charge in [0.2, 0.25) is 0 Å². The Morgan fingerprint density at radius 2 is 1.95 bits per heavy atom. The van der Waals surface area contributed by atoms with Crippen molar-refractivity contribution >= 4 is 5.69 Å². The molecule has 0 spiro atoms. The van der Waals surface area contributed by atoms with Gasteiger partial charge in [-0.25, -0.2) is 0 Å². The molecule has 3 nitrogen and oxygen atoms in total. The summed E-state index contributed by atoms with van der Waals surface area (Å²) in [6.45, 7) is 1.54. The Morgan fingerprint density at radius 1 is 1.29 bits per heavy atom. The van der Waals surface area contributed by atoms with Gasteiger partial charge in [-0.1, -0.05) is 6.07 Å². The van der Waals surface area contributed by atoms with Crippen LogP contribution in [0.15, 0.2) is 18.2 Å². The van der Waals surface area contributed by atoms with Gasteiger partial charge in [-0.05, 0) is 43.5 Å². The highest BCUT2D eigenvalue weighted by atomic mass is 19.4. The maximum Gasteiger partial charge on any atom is 0.418 e. The summed E-state index contributed by atoms with van der Waals surface area (Å²) >= 11 is 0. The Bertz CT molecular complexity index is 470. The molecule has 0 amide bonds. The van der Waals surface area contributed by atoms with Gasteiger partial charge < -0.3 is 15.4 Å². The smallest absolute Gasteiger partial charge is 0.381 e. The minimum absolute atomic E-state index is 0.0835. The van der Waals surface area contributed by atoms with Gasteiger partial charge in [-0.3, -0.25) is 0 Å².